The first-order chi connectivity index (χ1) is 9.69. The number of hydrogen-bond acceptors (Lipinski definition) is 4. The molecule has 0 aromatic heterocycles. The van der Waals surface area contributed by atoms with E-state index in [-0.39, 0.29) is 11.5 Å². The highest BCUT2D eigenvalue weighted by Crippen LogP contribution is 2.26. The number of unbranched alkanes of at least 4 members (excludes halogenated alkanes) is 4. The first kappa shape index (κ1) is 16.3. The Balaban J connectivity index is 2.66. The van der Waals surface area contributed by atoms with E-state index in [4.69, 9.17) is 4.84 Å². The molecule has 0 saturated heterocycles. The Morgan fingerprint density at radius 2 is 1.80 bits per heavy atom. The topological polar surface area (TPSA) is 62.0 Å². The summed E-state index contributed by atoms with van der Waals surface area (Å²) >= 11 is 0. The molecule has 0 radical (unpaired) electrons. The molecule has 0 unspecified atom stereocenters. The number of rotatable bonds is 9. The molecule has 0 bridgehead atoms. The zero-order valence-corrected chi connectivity index (χ0v) is 12.4. The summed E-state index contributed by atoms with van der Waals surface area (Å²) in [4.78, 5) is 5.14. The van der Waals surface area contributed by atoms with Crippen LogP contribution in [0, 0.1) is 0 Å². The molecule has 1 aromatic carbocycles. The summed E-state index contributed by atoms with van der Waals surface area (Å²) in [6.45, 7) is 4.60. The van der Waals surface area contributed by atoms with Gasteiger partial charge in [-0.2, -0.15) is 0 Å². The summed E-state index contributed by atoms with van der Waals surface area (Å²) in [6.07, 6.45) is 6.76. The van der Waals surface area contributed by atoms with E-state index < -0.39 is 0 Å². The second kappa shape index (κ2) is 9.23. The van der Waals surface area contributed by atoms with Gasteiger partial charge in [-0.25, -0.2) is 0 Å². The number of phenolic OH excluding ortho intramolecular Hbond substituents is 2. The molecule has 0 heterocycles. The fourth-order valence-corrected chi connectivity index (χ4v) is 1.98. The van der Waals surface area contributed by atoms with Crippen LogP contribution in [0.15, 0.2) is 23.4 Å². The predicted octanol–water partition coefficient (Wildman–Crippen LogP) is 4.20. The fourth-order valence-electron chi connectivity index (χ4n) is 1.98. The summed E-state index contributed by atoms with van der Waals surface area (Å²) < 4.78 is 0. The van der Waals surface area contributed by atoms with E-state index in [2.05, 4.69) is 12.1 Å². The number of phenols is 2. The standard InChI is InChI=1S/C16H25NO3/c1-3-5-6-7-8-9-14(17-20-4-2)13-10-11-15(18)16(19)12-13/h10-12,18-19H,3-9H2,1-2H3/b17-14+. The van der Waals surface area contributed by atoms with E-state index in [1.54, 1.807) is 6.07 Å². The van der Waals surface area contributed by atoms with Crippen LogP contribution in [0.4, 0.5) is 0 Å². The molecule has 4 heteroatoms. The van der Waals surface area contributed by atoms with E-state index in [0.717, 1.165) is 24.1 Å². The van der Waals surface area contributed by atoms with Crippen LogP contribution >= 0.6 is 0 Å². The highest BCUT2D eigenvalue weighted by molar-refractivity contribution is 6.00. The van der Waals surface area contributed by atoms with Gasteiger partial charge in [0.15, 0.2) is 11.5 Å². The average Bonchev–Trinajstić information content (AvgIpc) is 2.45. The Kier molecular flexibility index (Phi) is 7.55. The summed E-state index contributed by atoms with van der Waals surface area (Å²) in [5, 5.41) is 23.0. The van der Waals surface area contributed by atoms with Crippen LogP contribution in [0.2, 0.25) is 0 Å². The Morgan fingerprint density at radius 3 is 2.45 bits per heavy atom. The number of oxime groups is 1. The van der Waals surface area contributed by atoms with Gasteiger partial charge >= 0.3 is 0 Å². The monoisotopic (exact) mass is 279 g/mol. The Labute approximate surface area is 121 Å². The lowest BCUT2D eigenvalue weighted by Crippen LogP contribution is -2.02. The molecule has 4 nitrogen and oxygen atoms in total. The van der Waals surface area contributed by atoms with E-state index in [0.29, 0.717) is 6.61 Å². The first-order valence-electron chi connectivity index (χ1n) is 7.40. The molecule has 0 aliphatic heterocycles. The van der Waals surface area contributed by atoms with Gasteiger partial charge in [-0.05, 0) is 38.0 Å². The van der Waals surface area contributed by atoms with Gasteiger partial charge in [0.05, 0.1) is 5.71 Å². The number of nitrogens with zero attached hydrogens (tertiary/aromatic N) is 1. The SMILES string of the molecule is CCCCCCC/C(=N\OCC)c1ccc(O)c(O)c1. The Morgan fingerprint density at radius 1 is 1.05 bits per heavy atom. The molecule has 0 amide bonds. The van der Waals surface area contributed by atoms with Gasteiger partial charge in [-0.3, -0.25) is 0 Å². The lowest BCUT2D eigenvalue weighted by Gasteiger charge is -2.08. The third kappa shape index (κ3) is 5.51. The smallest absolute Gasteiger partial charge is 0.158 e. The molecule has 1 rings (SSSR count). The number of aromatic hydroxyl groups is 2. The van der Waals surface area contributed by atoms with Crippen molar-refractivity contribution >= 4 is 5.71 Å². The van der Waals surface area contributed by atoms with Crippen molar-refractivity contribution in [2.24, 2.45) is 5.16 Å². The Bertz CT molecular complexity index is 430. The van der Waals surface area contributed by atoms with Crippen molar-refractivity contribution in [2.75, 3.05) is 6.61 Å². The van der Waals surface area contributed by atoms with E-state index in [1.165, 1.54) is 37.8 Å². The van der Waals surface area contributed by atoms with Crippen molar-refractivity contribution in [3.05, 3.63) is 23.8 Å². The lowest BCUT2D eigenvalue weighted by atomic mass is 10.0. The normalized spacial score (nSPS) is 11.6. The molecule has 0 aliphatic carbocycles. The van der Waals surface area contributed by atoms with Gasteiger partial charge in [0, 0.05) is 5.56 Å². The van der Waals surface area contributed by atoms with Crippen LogP contribution < -0.4 is 0 Å². The van der Waals surface area contributed by atoms with E-state index in [1.807, 2.05) is 6.92 Å². The number of benzene rings is 1. The molecule has 0 atom stereocenters. The highest BCUT2D eigenvalue weighted by Gasteiger charge is 2.08. The zero-order valence-electron chi connectivity index (χ0n) is 12.4. The van der Waals surface area contributed by atoms with Crippen molar-refractivity contribution in [3.63, 3.8) is 0 Å². The van der Waals surface area contributed by atoms with Crippen LogP contribution in [-0.2, 0) is 4.84 Å². The molecule has 0 aliphatic rings. The van der Waals surface area contributed by atoms with Gasteiger partial charge in [0.1, 0.15) is 6.61 Å². The van der Waals surface area contributed by atoms with Crippen LogP contribution in [0.25, 0.3) is 0 Å². The molecule has 112 valence electrons. The van der Waals surface area contributed by atoms with Crippen LogP contribution in [0.5, 0.6) is 11.5 Å². The molecule has 20 heavy (non-hydrogen) atoms. The van der Waals surface area contributed by atoms with Crippen molar-refractivity contribution in [1.29, 1.82) is 0 Å². The molecule has 2 N–H and O–H groups in total. The fraction of sp³-hybridized carbons (Fsp3) is 0.562. The molecular weight excluding hydrogens is 254 g/mol. The third-order valence-corrected chi connectivity index (χ3v) is 3.13. The summed E-state index contributed by atoms with van der Waals surface area (Å²) in [5.41, 5.74) is 1.61. The predicted molar refractivity (Wildman–Crippen MR) is 81.3 cm³/mol. The maximum absolute atomic E-state index is 9.57. The second-order valence-electron chi connectivity index (χ2n) is 4.82. The summed E-state index contributed by atoms with van der Waals surface area (Å²) in [6, 6.07) is 4.75. The molecule has 1 aromatic rings. The van der Waals surface area contributed by atoms with E-state index in [9.17, 15) is 10.2 Å². The minimum Gasteiger partial charge on any atom is -0.504 e. The second-order valence-corrected chi connectivity index (χ2v) is 4.82. The van der Waals surface area contributed by atoms with Crippen molar-refractivity contribution in [2.45, 2.75) is 52.4 Å². The van der Waals surface area contributed by atoms with Crippen molar-refractivity contribution in [3.8, 4) is 11.5 Å². The molecule has 0 spiro atoms. The van der Waals surface area contributed by atoms with E-state index >= 15 is 0 Å². The maximum Gasteiger partial charge on any atom is 0.158 e. The molecule has 0 saturated carbocycles. The maximum atomic E-state index is 9.57. The van der Waals surface area contributed by atoms with Crippen molar-refractivity contribution in [1.82, 2.24) is 0 Å². The van der Waals surface area contributed by atoms with Gasteiger partial charge in [0.25, 0.3) is 0 Å². The van der Waals surface area contributed by atoms with Gasteiger partial charge < -0.3 is 15.1 Å². The quantitative estimate of drug-likeness (QED) is 0.308. The average molecular weight is 279 g/mol. The van der Waals surface area contributed by atoms with Crippen LogP contribution in [0.1, 0.15) is 57.9 Å². The Hall–Kier alpha value is -1.71. The highest BCUT2D eigenvalue weighted by atomic mass is 16.6. The van der Waals surface area contributed by atoms with Crippen LogP contribution in [0.3, 0.4) is 0 Å². The first-order valence-corrected chi connectivity index (χ1v) is 7.40. The molecule has 0 fully saturated rings. The zero-order chi connectivity index (χ0) is 14.8. The summed E-state index contributed by atoms with van der Waals surface area (Å²) in [5.74, 6) is -0.245. The lowest BCUT2D eigenvalue weighted by molar-refractivity contribution is 0.158. The number of hydrogen-bond donors (Lipinski definition) is 2. The van der Waals surface area contributed by atoms with Gasteiger partial charge in [-0.15, -0.1) is 0 Å². The minimum atomic E-state index is -0.127. The van der Waals surface area contributed by atoms with Gasteiger partial charge in [0.2, 0.25) is 0 Å². The van der Waals surface area contributed by atoms with Crippen molar-refractivity contribution < 1.29 is 15.1 Å². The van der Waals surface area contributed by atoms with Gasteiger partial charge in [-0.1, -0.05) is 37.8 Å². The third-order valence-electron chi connectivity index (χ3n) is 3.13. The largest absolute Gasteiger partial charge is 0.504 e. The molecular formula is C16H25NO3. The summed E-state index contributed by atoms with van der Waals surface area (Å²) in [7, 11) is 0. The minimum absolute atomic E-state index is 0.118. The van der Waals surface area contributed by atoms with Crippen LogP contribution in [-0.4, -0.2) is 22.5 Å².